The van der Waals surface area contributed by atoms with Gasteiger partial charge in [-0.25, -0.2) is 14.3 Å². The number of rotatable bonds is 4. The van der Waals surface area contributed by atoms with Crippen LogP contribution in [0.1, 0.15) is 18.4 Å². The highest BCUT2D eigenvalue weighted by atomic mass is 19.4. The third-order valence-electron chi connectivity index (χ3n) is 4.11. The summed E-state index contributed by atoms with van der Waals surface area (Å²) in [5, 5.41) is 11.2. The molecule has 0 unspecified atom stereocenters. The Balaban J connectivity index is 1.89. The summed E-state index contributed by atoms with van der Waals surface area (Å²) in [6.45, 7) is 0.706. The Kier molecular flexibility index (Phi) is 4.55. The second-order valence-electron chi connectivity index (χ2n) is 5.93. The van der Waals surface area contributed by atoms with E-state index >= 15 is 0 Å². The first-order chi connectivity index (χ1) is 11.8. The first-order valence-electron chi connectivity index (χ1n) is 7.67. The van der Waals surface area contributed by atoms with Crippen LogP contribution in [0.15, 0.2) is 27.4 Å². The van der Waals surface area contributed by atoms with Gasteiger partial charge >= 0.3 is 11.9 Å². The Morgan fingerprint density at radius 3 is 2.60 bits per heavy atom. The third-order valence-corrected chi connectivity index (χ3v) is 4.11. The van der Waals surface area contributed by atoms with E-state index in [2.05, 4.69) is 15.7 Å². The number of nitrogens with zero attached hydrogens (tertiary/aromatic N) is 1. The maximum absolute atomic E-state index is 14.7. The molecule has 6 nitrogen and oxygen atoms in total. The smallest absolute Gasteiger partial charge is 0.388 e. The summed E-state index contributed by atoms with van der Waals surface area (Å²) in [6.07, 6.45) is -4.17. The Morgan fingerprint density at radius 2 is 2.00 bits per heavy atom. The third kappa shape index (κ3) is 4.01. The summed E-state index contributed by atoms with van der Waals surface area (Å²) in [5.74, 6) is -0.958. The Bertz CT molecular complexity index is 793. The van der Waals surface area contributed by atoms with Gasteiger partial charge in [-0.05, 0) is 44.1 Å². The van der Waals surface area contributed by atoms with Crippen molar-refractivity contribution < 1.29 is 22.0 Å². The summed E-state index contributed by atoms with van der Waals surface area (Å²) < 4.78 is 59.0. The van der Waals surface area contributed by atoms with Gasteiger partial charge < -0.3 is 15.1 Å². The molecule has 10 heteroatoms. The van der Waals surface area contributed by atoms with Crippen molar-refractivity contribution in [3.63, 3.8) is 0 Å². The summed E-state index contributed by atoms with van der Waals surface area (Å²) in [5.41, 5.74) is -2.62. The molecule has 1 aromatic carbocycles. The largest absolute Gasteiger partial charge is 0.434 e. The Hall–Kier alpha value is -2.36. The molecular weight excluding hydrogens is 344 g/mol. The van der Waals surface area contributed by atoms with Crippen LogP contribution in [0.4, 0.5) is 23.2 Å². The molecule has 3 rings (SSSR count). The Morgan fingerprint density at radius 1 is 1.28 bits per heavy atom. The minimum atomic E-state index is -4.61. The normalized spacial score (nSPS) is 17.4. The number of benzene rings is 1. The van der Waals surface area contributed by atoms with E-state index in [1.807, 2.05) is 5.10 Å². The van der Waals surface area contributed by atoms with E-state index in [0.29, 0.717) is 13.1 Å². The van der Waals surface area contributed by atoms with Crippen molar-refractivity contribution in [2.75, 3.05) is 25.0 Å². The first-order valence-corrected chi connectivity index (χ1v) is 7.67. The SMILES string of the molecule is O=c1[nH]nc(-c2ccc(C(F)(F)F)c(NCC3(F)CCNCC3)c2)o1. The fraction of sp³-hybridized carbons (Fsp3) is 0.467. The van der Waals surface area contributed by atoms with E-state index in [9.17, 15) is 22.4 Å². The molecule has 1 saturated heterocycles. The standard InChI is InChI=1S/C15H16F4N4O2/c16-14(3-5-20-6-4-14)8-21-11-7-9(12-22-23-13(24)25-12)1-2-10(11)15(17,18)19/h1-2,7,20-21H,3-6,8H2,(H,23,24). The maximum atomic E-state index is 14.7. The van der Waals surface area contributed by atoms with Gasteiger partial charge in [0.05, 0.1) is 5.56 Å². The van der Waals surface area contributed by atoms with Gasteiger partial charge in [-0.2, -0.15) is 13.2 Å². The zero-order valence-electron chi connectivity index (χ0n) is 13.0. The number of nitrogens with one attached hydrogen (secondary N) is 3. The van der Waals surface area contributed by atoms with E-state index in [-0.39, 0.29) is 36.5 Å². The lowest BCUT2D eigenvalue weighted by molar-refractivity contribution is -0.137. The topological polar surface area (TPSA) is 83.0 Å². The van der Waals surface area contributed by atoms with E-state index < -0.39 is 23.2 Å². The van der Waals surface area contributed by atoms with Crippen LogP contribution in [0.25, 0.3) is 11.5 Å². The molecule has 0 aliphatic carbocycles. The summed E-state index contributed by atoms with van der Waals surface area (Å²) in [7, 11) is 0. The molecule has 0 bridgehead atoms. The average molecular weight is 360 g/mol. The molecule has 2 heterocycles. The molecule has 0 amide bonds. The van der Waals surface area contributed by atoms with Crippen LogP contribution >= 0.6 is 0 Å². The molecule has 0 radical (unpaired) electrons. The number of aromatic nitrogens is 2. The van der Waals surface area contributed by atoms with Crippen LogP contribution in [0.5, 0.6) is 0 Å². The van der Waals surface area contributed by atoms with Crippen LogP contribution in [0.3, 0.4) is 0 Å². The van der Waals surface area contributed by atoms with Crippen LogP contribution in [0, 0.1) is 0 Å². The molecule has 1 aliphatic heterocycles. The van der Waals surface area contributed by atoms with Crippen molar-refractivity contribution in [3.8, 4) is 11.5 Å². The number of hydrogen-bond acceptors (Lipinski definition) is 5. The van der Waals surface area contributed by atoms with Gasteiger partial charge in [-0.3, -0.25) is 0 Å². The lowest BCUT2D eigenvalue weighted by Crippen LogP contribution is -2.43. The van der Waals surface area contributed by atoms with Gasteiger partial charge in [0.2, 0.25) is 5.89 Å². The number of H-pyrrole nitrogens is 1. The number of aromatic amines is 1. The molecule has 0 spiro atoms. The highest BCUT2D eigenvalue weighted by Crippen LogP contribution is 2.37. The van der Waals surface area contributed by atoms with Gasteiger partial charge in [0, 0.05) is 17.8 Å². The molecule has 1 aromatic heterocycles. The van der Waals surface area contributed by atoms with Crippen LogP contribution in [-0.4, -0.2) is 35.5 Å². The van der Waals surface area contributed by atoms with E-state index in [1.54, 1.807) is 0 Å². The van der Waals surface area contributed by atoms with Crippen LogP contribution < -0.4 is 16.4 Å². The van der Waals surface area contributed by atoms with E-state index in [0.717, 1.165) is 18.2 Å². The average Bonchev–Trinajstić information content (AvgIpc) is 2.99. The fourth-order valence-corrected chi connectivity index (χ4v) is 2.73. The van der Waals surface area contributed by atoms with Gasteiger partial charge in [0.1, 0.15) is 5.67 Å². The Labute approximate surface area is 139 Å². The highest BCUT2D eigenvalue weighted by molar-refractivity contribution is 5.65. The van der Waals surface area contributed by atoms with Gasteiger partial charge in [0.25, 0.3) is 0 Å². The van der Waals surface area contributed by atoms with E-state index in [1.165, 1.54) is 0 Å². The van der Waals surface area contributed by atoms with Crippen molar-refractivity contribution in [3.05, 3.63) is 34.3 Å². The number of halogens is 4. The molecule has 0 atom stereocenters. The lowest BCUT2D eigenvalue weighted by atomic mass is 9.94. The molecule has 3 N–H and O–H groups in total. The predicted molar refractivity (Wildman–Crippen MR) is 82.0 cm³/mol. The fourth-order valence-electron chi connectivity index (χ4n) is 2.73. The number of piperidine rings is 1. The molecule has 1 aliphatic rings. The molecule has 1 fully saturated rings. The minimum Gasteiger partial charge on any atom is -0.388 e. The number of hydrogen-bond donors (Lipinski definition) is 3. The zero-order valence-corrected chi connectivity index (χ0v) is 13.0. The quantitative estimate of drug-likeness (QED) is 0.730. The van der Waals surface area contributed by atoms with Gasteiger partial charge in [-0.1, -0.05) is 0 Å². The van der Waals surface area contributed by atoms with E-state index in [4.69, 9.17) is 4.42 Å². The lowest BCUT2D eigenvalue weighted by Gasteiger charge is -2.31. The zero-order chi connectivity index (χ0) is 18.1. The van der Waals surface area contributed by atoms with Crippen LogP contribution in [-0.2, 0) is 6.18 Å². The van der Waals surface area contributed by atoms with Crippen molar-refractivity contribution in [1.82, 2.24) is 15.5 Å². The summed E-state index contributed by atoms with van der Waals surface area (Å²) in [6, 6.07) is 3.13. The van der Waals surface area contributed by atoms with Crippen molar-refractivity contribution in [1.29, 1.82) is 0 Å². The molecular formula is C15H16F4N4O2. The van der Waals surface area contributed by atoms with Crippen LogP contribution in [0.2, 0.25) is 0 Å². The monoisotopic (exact) mass is 360 g/mol. The number of anilines is 1. The van der Waals surface area contributed by atoms with Crippen molar-refractivity contribution in [2.45, 2.75) is 24.7 Å². The summed E-state index contributed by atoms with van der Waals surface area (Å²) in [4.78, 5) is 11.0. The van der Waals surface area contributed by atoms with Gasteiger partial charge in [-0.15, -0.1) is 5.10 Å². The highest BCUT2D eigenvalue weighted by Gasteiger charge is 2.36. The number of alkyl halides is 4. The van der Waals surface area contributed by atoms with Gasteiger partial charge in [0.15, 0.2) is 0 Å². The first kappa shape index (κ1) is 17.5. The second-order valence-corrected chi connectivity index (χ2v) is 5.93. The second kappa shape index (κ2) is 6.51. The molecule has 2 aromatic rings. The maximum Gasteiger partial charge on any atom is 0.434 e. The molecule has 136 valence electrons. The molecule has 25 heavy (non-hydrogen) atoms. The summed E-state index contributed by atoms with van der Waals surface area (Å²) >= 11 is 0. The minimum absolute atomic E-state index is 0.140. The predicted octanol–water partition coefficient (Wildman–Crippen LogP) is 2.55. The van der Waals surface area contributed by atoms with Crippen molar-refractivity contribution in [2.24, 2.45) is 0 Å². The molecule has 0 saturated carbocycles. The van der Waals surface area contributed by atoms with Crippen molar-refractivity contribution >= 4 is 5.69 Å².